The van der Waals surface area contributed by atoms with Gasteiger partial charge in [0.05, 0.1) is 23.0 Å². The van der Waals surface area contributed by atoms with Crippen molar-refractivity contribution in [1.29, 1.82) is 0 Å². The van der Waals surface area contributed by atoms with E-state index < -0.39 is 18.0 Å². The molecule has 1 aliphatic rings. The third-order valence-corrected chi connectivity index (χ3v) is 5.17. The Kier molecular flexibility index (Phi) is 4.92. The SMILES string of the molecule is C[C@@H]1C/C(=C/c2ccco2)c2nc3ccccc3c(C(=O)O[C@H](C)C(N)=O)c2C1. The predicted octanol–water partition coefficient (Wildman–Crippen LogP) is 3.98. The number of pyridine rings is 1. The Morgan fingerprint density at radius 2 is 2.03 bits per heavy atom. The van der Waals surface area contributed by atoms with E-state index in [1.807, 2.05) is 42.5 Å². The minimum absolute atomic E-state index is 0.312. The lowest BCUT2D eigenvalue weighted by atomic mass is 9.81. The highest BCUT2D eigenvalue weighted by atomic mass is 16.5. The molecule has 0 fully saturated rings. The van der Waals surface area contributed by atoms with Crippen LogP contribution < -0.4 is 5.73 Å². The number of allylic oxidation sites excluding steroid dienone is 1. The van der Waals surface area contributed by atoms with Crippen LogP contribution in [0.2, 0.25) is 0 Å². The monoisotopic (exact) mass is 390 g/mol. The molecule has 2 heterocycles. The molecule has 148 valence electrons. The second-order valence-electron chi connectivity index (χ2n) is 7.48. The number of amides is 1. The number of aromatic nitrogens is 1. The van der Waals surface area contributed by atoms with Crippen LogP contribution in [0.3, 0.4) is 0 Å². The van der Waals surface area contributed by atoms with Gasteiger partial charge in [0.25, 0.3) is 5.91 Å². The molecule has 0 spiro atoms. The molecule has 1 aromatic carbocycles. The van der Waals surface area contributed by atoms with Crippen molar-refractivity contribution >= 4 is 34.4 Å². The van der Waals surface area contributed by atoms with E-state index in [1.165, 1.54) is 6.92 Å². The van der Waals surface area contributed by atoms with E-state index in [1.54, 1.807) is 6.26 Å². The molecular formula is C23H22N2O4. The van der Waals surface area contributed by atoms with Crippen LogP contribution in [0.25, 0.3) is 22.6 Å². The summed E-state index contributed by atoms with van der Waals surface area (Å²) in [4.78, 5) is 29.4. The summed E-state index contributed by atoms with van der Waals surface area (Å²) in [5, 5.41) is 0.708. The summed E-state index contributed by atoms with van der Waals surface area (Å²) in [6.07, 6.45) is 4.10. The van der Waals surface area contributed by atoms with E-state index in [0.29, 0.717) is 28.8 Å². The summed E-state index contributed by atoms with van der Waals surface area (Å²) < 4.78 is 10.9. The van der Waals surface area contributed by atoms with Crippen molar-refractivity contribution in [2.24, 2.45) is 11.7 Å². The van der Waals surface area contributed by atoms with Crippen molar-refractivity contribution in [2.45, 2.75) is 32.8 Å². The number of esters is 1. The Morgan fingerprint density at radius 1 is 1.24 bits per heavy atom. The summed E-state index contributed by atoms with van der Waals surface area (Å²) >= 11 is 0. The number of nitrogens with zero attached hydrogens (tertiary/aromatic N) is 1. The van der Waals surface area contributed by atoms with Gasteiger partial charge in [-0.2, -0.15) is 0 Å². The number of carbonyl (C=O) groups is 2. The number of carbonyl (C=O) groups excluding carboxylic acids is 2. The van der Waals surface area contributed by atoms with Crippen molar-refractivity contribution in [3.05, 3.63) is 65.2 Å². The topological polar surface area (TPSA) is 95.4 Å². The summed E-state index contributed by atoms with van der Waals surface area (Å²) in [6.45, 7) is 3.61. The molecule has 6 nitrogen and oxygen atoms in total. The number of benzene rings is 1. The normalized spacial score (nSPS) is 18.4. The molecule has 0 aliphatic heterocycles. The summed E-state index contributed by atoms with van der Waals surface area (Å²) in [7, 11) is 0. The van der Waals surface area contributed by atoms with Crippen molar-refractivity contribution in [3.8, 4) is 0 Å². The molecule has 2 aromatic heterocycles. The van der Waals surface area contributed by atoms with Crippen molar-refractivity contribution in [2.75, 3.05) is 0 Å². The van der Waals surface area contributed by atoms with Gasteiger partial charge in [0.2, 0.25) is 0 Å². The Bertz CT molecular complexity index is 1120. The molecular weight excluding hydrogens is 368 g/mol. The number of furan rings is 1. The van der Waals surface area contributed by atoms with Gasteiger partial charge in [0.15, 0.2) is 6.10 Å². The van der Waals surface area contributed by atoms with Crippen molar-refractivity contribution in [1.82, 2.24) is 4.98 Å². The molecule has 0 unspecified atom stereocenters. The van der Waals surface area contributed by atoms with Gasteiger partial charge in [-0.3, -0.25) is 4.79 Å². The molecule has 6 heteroatoms. The highest BCUT2D eigenvalue weighted by molar-refractivity contribution is 6.07. The molecule has 0 bridgehead atoms. The zero-order valence-corrected chi connectivity index (χ0v) is 16.3. The molecule has 0 radical (unpaired) electrons. The van der Waals surface area contributed by atoms with Gasteiger partial charge in [0, 0.05) is 5.39 Å². The summed E-state index contributed by atoms with van der Waals surface area (Å²) in [5.74, 6) is -0.191. The number of nitrogens with two attached hydrogens (primary N) is 1. The Hall–Kier alpha value is -3.41. The molecule has 1 aliphatic carbocycles. The first-order chi connectivity index (χ1) is 13.9. The zero-order chi connectivity index (χ0) is 20.5. The van der Waals surface area contributed by atoms with Gasteiger partial charge in [-0.05, 0) is 61.1 Å². The third-order valence-electron chi connectivity index (χ3n) is 5.17. The lowest BCUT2D eigenvalue weighted by molar-refractivity contribution is -0.125. The minimum Gasteiger partial charge on any atom is -0.465 e. The van der Waals surface area contributed by atoms with Crippen LogP contribution in [0.15, 0.2) is 47.1 Å². The van der Waals surface area contributed by atoms with Crippen molar-refractivity contribution < 1.29 is 18.7 Å². The summed E-state index contributed by atoms with van der Waals surface area (Å²) in [6, 6.07) is 11.2. The van der Waals surface area contributed by atoms with E-state index in [0.717, 1.165) is 29.0 Å². The molecule has 29 heavy (non-hydrogen) atoms. The number of para-hydroxylation sites is 1. The predicted molar refractivity (Wildman–Crippen MR) is 110 cm³/mol. The van der Waals surface area contributed by atoms with Gasteiger partial charge in [0.1, 0.15) is 5.76 Å². The smallest absolute Gasteiger partial charge is 0.339 e. The van der Waals surface area contributed by atoms with Crippen LogP contribution in [0.1, 0.15) is 47.6 Å². The highest BCUT2D eigenvalue weighted by Crippen LogP contribution is 2.38. The van der Waals surface area contributed by atoms with Gasteiger partial charge >= 0.3 is 5.97 Å². The standard InChI is InChI=1S/C23H22N2O4/c1-13-10-15(12-16-6-5-9-28-16)21-18(11-13)20(23(27)29-14(2)22(24)26)17-7-3-4-8-19(17)25-21/h3-9,12-14H,10-11H2,1-2H3,(H2,24,26)/b15-12-/t13-,14-/m1/s1. The molecule has 2 N–H and O–H groups in total. The molecule has 4 rings (SSSR count). The first kappa shape index (κ1) is 18.9. The van der Waals surface area contributed by atoms with Gasteiger partial charge in [-0.1, -0.05) is 25.1 Å². The zero-order valence-electron chi connectivity index (χ0n) is 16.3. The van der Waals surface area contributed by atoms with Crippen LogP contribution in [0.4, 0.5) is 0 Å². The Morgan fingerprint density at radius 3 is 2.76 bits per heavy atom. The number of hydrogen-bond acceptors (Lipinski definition) is 5. The van der Waals surface area contributed by atoms with Crippen molar-refractivity contribution in [3.63, 3.8) is 0 Å². The van der Waals surface area contributed by atoms with Crippen LogP contribution in [-0.4, -0.2) is 23.0 Å². The van der Waals surface area contributed by atoms with E-state index >= 15 is 0 Å². The van der Waals surface area contributed by atoms with E-state index in [4.69, 9.17) is 19.9 Å². The van der Waals surface area contributed by atoms with E-state index in [9.17, 15) is 9.59 Å². The molecule has 3 aromatic rings. The number of fused-ring (bicyclic) bond motifs is 2. The maximum Gasteiger partial charge on any atom is 0.339 e. The minimum atomic E-state index is -1.01. The molecule has 0 saturated heterocycles. The Labute approximate surface area is 168 Å². The largest absolute Gasteiger partial charge is 0.465 e. The highest BCUT2D eigenvalue weighted by Gasteiger charge is 2.30. The first-order valence-corrected chi connectivity index (χ1v) is 9.60. The van der Waals surface area contributed by atoms with Gasteiger partial charge in [-0.15, -0.1) is 0 Å². The fourth-order valence-electron chi connectivity index (χ4n) is 3.79. The number of hydrogen-bond donors (Lipinski definition) is 1. The Balaban J connectivity index is 1.92. The fourth-order valence-corrected chi connectivity index (χ4v) is 3.79. The van der Waals surface area contributed by atoms with Crippen LogP contribution >= 0.6 is 0 Å². The first-order valence-electron chi connectivity index (χ1n) is 9.60. The number of rotatable bonds is 4. The van der Waals surface area contributed by atoms with Gasteiger partial charge < -0.3 is 14.9 Å². The van der Waals surface area contributed by atoms with Gasteiger partial charge in [-0.25, -0.2) is 9.78 Å². The van der Waals surface area contributed by atoms with Crippen LogP contribution in [0.5, 0.6) is 0 Å². The maximum atomic E-state index is 13.1. The second-order valence-corrected chi connectivity index (χ2v) is 7.48. The fraction of sp³-hybridized carbons (Fsp3) is 0.261. The molecule has 0 saturated carbocycles. The number of primary amides is 1. The number of ether oxygens (including phenoxy) is 1. The van der Waals surface area contributed by atoms with E-state index in [-0.39, 0.29) is 0 Å². The quantitative estimate of drug-likeness (QED) is 0.680. The summed E-state index contributed by atoms with van der Waals surface area (Å²) in [5.41, 5.74) is 9.06. The van der Waals surface area contributed by atoms with Crippen LogP contribution in [0, 0.1) is 5.92 Å². The molecule has 1 amide bonds. The third kappa shape index (κ3) is 3.66. The lowest BCUT2D eigenvalue weighted by Crippen LogP contribution is -2.31. The molecule has 2 atom stereocenters. The lowest BCUT2D eigenvalue weighted by Gasteiger charge is -2.26. The average molecular weight is 390 g/mol. The van der Waals surface area contributed by atoms with Crippen LogP contribution in [-0.2, 0) is 16.0 Å². The second kappa shape index (κ2) is 7.54. The van der Waals surface area contributed by atoms with E-state index in [2.05, 4.69) is 6.92 Å². The average Bonchev–Trinajstić information content (AvgIpc) is 3.19. The maximum absolute atomic E-state index is 13.1.